The Bertz CT molecular complexity index is 2420. The summed E-state index contributed by atoms with van der Waals surface area (Å²) >= 11 is 6.16. The van der Waals surface area contributed by atoms with Crippen molar-refractivity contribution in [2.45, 2.75) is 94.8 Å². The molecule has 3 aliphatic heterocycles. The van der Waals surface area contributed by atoms with Crippen LogP contribution in [0.2, 0.25) is 0 Å². The van der Waals surface area contributed by atoms with Gasteiger partial charge < -0.3 is 48.2 Å². The topological polar surface area (TPSA) is 147 Å². The number of allylic oxidation sites excluding steroid dienone is 1. The summed E-state index contributed by atoms with van der Waals surface area (Å²) in [7, 11) is 0. The van der Waals surface area contributed by atoms with Crippen molar-refractivity contribution in [1.82, 2.24) is 4.90 Å². The Morgan fingerprint density at radius 3 is 2.51 bits per heavy atom. The summed E-state index contributed by atoms with van der Waals surface area (Å²) in [5.74, 6) is 0.988. The van der Waals surface area contributed by atoms with E-state index in [1.54, 1.807) is 11.0 Å². The van der Waals surface area contributed by atoms with E-state index in [1.165, 1.54) is 0 Å². The second-order valence-corrected chi connectivity index (χ2v) is 18.3. The van der Waals surface area contributed by atoms with Crippen LogP contribution in [-0.4, -0.2) is 90.7 Å². The minimum absolute atomic E-state index is 0.0115. The summed E-state index contributed by atoms with van der Waals surface area (Å²) in [6, 6.07) is 25.0. The number of amides is 1. The van der Waals surface area contributed by atoms with Crippen molar-refractivity contribution in [2.24, 2.45) is 22.9 Å². The van der Waals surface area contributed by atoms with E-state index in [-0.39, 0.29) is 69.8 Å². The van der Waals surface area contributed by atoms with Crippen LogP contribution in [0.4, 0.5) is 4.79 Å². The first kappa shape index (κ1) is 46.8. The highest BCUT2D eigenvalue weighted by Gasteiger charge is 2.66. The normalized spacial score (nSPS) is 25.4. The lowest BCUT2D eigenvalue weighted by atomic mass is 9.55. The Kier molecular flexibility index (Phi) is 15.2. The molecule has 1 unspecified atom stereocenters. The molecule has 1 saturated carbocycles. The number of nitrogens with zero attached hydrogens (tertiary/aromatic N) is 2. The standard InChI is InChI=1S/C53H61ClN2O11/c1-2-25-64-53-48(56(52(59)61-27-22-54)33-35-16-20-46-47(28-35)63-34-62-46)32-44(55-67-49-15-7-10-26-60-49)42-30-38(13-5-8-23-57)41(14-6-9-24-58)50(51(42)53)43-31-40(19-21-45(43)66-53)65-39-18-17-36-11-3-4-12-37(36)29-39/h2-4,11-12,16-21,28-31,38,41,48-51,57-58H,1,5-10,13-15,22-27,32-34H2/t38-,41+,48-,49?,50+,51+,53+/m0/s1. The molecule has 9 rings (SSSR count). The molecular formula is C53H61ClN2O11. The van der Waals surface area contributed by atoms with Crippen LogP contribution in [0.15, 0.2) is 108 Å². The second-order valence-electron chi connectivity index (χ2n) is 17.9. The van der Waals surface area contributed by atoms with Crippen LogP contribution in [0.5, 0.6) is 28.7 Å². The zero-order chi connectivity index (χ0) is 46.2. The predicted octanol–water partition coefficient (Wildman–Crippen LogP) is 10.4. The van der Waals surface area contributed by atoms with Gasteiger partial charge in [0, 0.05) is 44.1 Å². The van der Waals surface area contributed by atoms with E-state index in [1.807, 2.05) is 54.6 Å². The maximum Gasteiger partial charge on any atom is 0.410 e. The molecule has 356 valence electrons. The van der Waals surface area contributed by atoms with Crippen LogP contribution in [-0.2, 0) is 25.6 Å². The van der Waals surface area contributed by atoms with E-state index in [0.717, 1.165) is 66.0 Å². The van der Waals surface area contributed by atoms with Gasteiger partial charge in [0.05, 0.1) is 30.7 Å². The Morgan fingerprint density at radius 1 is 0.910 bits per heavy atom. The first-order valence-corrected chi connectivity index (χ1v) is 24.4. The van der Waals surface area contributed by atoms with Crippen molar-refractivity contribution in [3.8, 4) is 28.7 Å². The molecule has 0 spiro atoms. The number of unbranched alkanes of at least 4 members (excludes halogenated alkanes) is 2. The third-order valence-electron chi connectivity index (χ3n) is 13.7. The van der Waals surface area contributed by atoms with E-state index in [9.17, 15) is 15.0 Å². The Hall–Kier alpha value is -5.31. The SMILES string of the molecule is C=CCO[C@@]12Oc3ccc(Oc4ccc5ccccc5c4)cc3[C@H]3[C@H](CCCCO)[C@@H](CCCCO)C=C(C(=NOC4CCCCO4)C[C@@H]1N(Cc1ccc4c(c1)OCO4)C(=O)OCCCl)[C@H]32. The highest BCUT2D eigenvalue weighted by Crippen LogP contribution is 2.62. The molecule has 67 heavy (non-hydrogen) atoms. The maximum atomic E-state index is 14.8. The fourth-order valence-corrected chi connectivity index (χ4v) is 10.8. The van der Waals surface area contributed by atoms with Gasteiger partial charge in [-0.05, 0) is 115 Å². The minimum atomic E-state index is -1.51. The molecule has 7 atom stereocenters. The number of alkyl halides is 1. The first-order valence-electron chi connectivity index (χ1n) is 23.8. The summed E-state index contributed by atoms with van der Waals surface area (Å²) in [4.78, 5) is 22.8. The molecule has 1 saturated heterocycles. The molecule has 4 aromatic rings. The summed E-state index contributed by atoms with van der Waals surface area (Å²) in [5, 5.41) is 27.2. The van der Waals surface area contributed by atoms with E-state index in [0.29, 0.717) is 60.3 Å². The number of aliphatic hydroxyl groups excluding tert-OH is 2. The van der Waals surface area contributed by atoms with Gasteiger partial charge in [-0.15, -0.1) is 18.2 Å². The molecule has 13 nitrogen and oxygen atoms in total. The molecule has 0 aromatic heterocycles. The van der Waals surface area contributed by atoms with Crippen LogP contribution < -0.4 is 18.9 Å². The molecule has 4 aromatic carbocycles. The van der Waals surface area contributed by atoms with Crippen molar-refractivity contribution in [2.75, 3.05) is 45.7 Å². The number of ether oxygens (including phenoxy) is 7. The lowest BCUT2D eigenvalue weighted by Gasteiger charge is -2.59. The Morgan fingerprint density at radius 2 is 1.70 bits per heavy atom. The van der Waals surface area contributed by atoms with Crippen molar-refractivity contribution in [1.29, 1.82) is 0 Å². The van der Waals surface area contributed by atoms with Gasteiger partial charge in [0.1, 0.15) is 29.9 Å². The third kappa shape index (κ3) is 10.1. The Labute approximate surface area is 397 Å². The zero-order valence-corrected chi connectivity index (χ0v) is 38.7. The maximum absolute atomic E-state index is 14.8. The lowest BCUT2D eigenvalue weighted by Crippen LogP contribution is -2.70. The first-order chi connectivity index (χ1) is 32.9. The van der Waals surface area contributed by atoms with Gasteiger partial charge in [-0.2, -0.15) is 0 Å². The predicted molar refractivity (Wildman–Crippen MR) is 254 cm³/mol. The number of fused-ring (bicyclic) bond motifs is 4. The molecule has 0 radical (unpaired) electrons. The van der Waals surface area contributed by atoms with Gasteiger partial charge in [0.25, 0.3) is 0 Å². The molecule has 2 fully saturated rings. The molecule has 3 heterocycles. The van der Waals surface area contributed by atoms with Gasteiger partial charge in [0.2, 0.25) is 18.9 Å². The van der Waals surface area contributed by atoms with Gasteiger partial charge in [-0.1, -0.05) is 66.5 Å². The fourth-order valence-electron chi connectivity index (χ4n) is 10.7. The van der Waals surface area contributed by atoms with Gasteiger partial charge in [-0.3, -0.25) is 4.90 Å². The van der Waals surface area contributed by atoms with Crippen molar-refractivity contribution in [3.05, 3.63) is 114 Å². The third-order valence-corrected chi connectivity index (χ3v) is 13.9. The van der Waals surface area contributed by atoms with Crippen LogP contribution in [0, 0.1) is 17.8 Å². The molecular weight excluding hydrogens is 876 g/mol. The summed E-state index contributed by atoms with van der Waals surface area (Å²) in [6.07, 6.45) is 10.2. The highest BCUT2D eigenvalue weighted by molar-refractivity contribution is 6.18. The monoisotopic (exact) mass is 936 g/mol. The summed E-state index contributed by atoms with van der Waals surface area (Å²) < 4.78 is 44.7. The summed E-state index contributed by atoms with van der Waals surface area (Å²) in [5.41, 5.74) is 3.29. The number of oxime groups is 1. The molecule has 14 heteroatoms. The molecule has 0 bridgehead atoms. The molecule has 5 aliphatic rings. The van der Waals surface area contributed by atoms with Gasteiger partial charge in [0.15, 0.2) is 11.5 Å². The van der Waals surface area contributed by atoms with E-state index < -0.39 is 30.1 Å². The van der Waals surface area contributed by atoms with Gasteiger partial charge in [-0.25, -0.2) is 4.79 Å². The number of carbonyl (C=O) groups excluding carboxylic acids is 1. The van der Waals surface area contributed by atoms with Crippen LogP contribution in [0.3, 0.4) is 0 Å². The number of aliphatic hydroxyl groups is 2. The summed E-state index contributed by atoms with van der Waals surface area (Å²) in [6.45, 7) is 5.11. The van der Waals surface area contributed by atoms with E-state index >= 15 is 0 Å². The smallest absolute Gasteiger partial charge is 0.410 e. The fraction of sp³-hybridized carbons (Fsp3) is 0.472. The molecule has 2 aliphatic carbocycles. The Balaban J connectivity index is 1.23. The number of rotatable bonds is 20. The van der Waals surface area contributed by atoms with E-state index in [4.69, 9.17) is 54.8 Å². The highest BCUT2D eigenvalue weighted by atomic mass is 35.5. The van der Waals surface area contributed by atoms with Crippen LogP contribution in [0.1, 0.15) is 81.3 Å². The average Bonchev–Trinajstić information content (AvgIpc) is 3.83. The van der Waals surface area contributed by atoms with Crippen molar-refractivity contribution in [3.63, 3.8) is 0 Å². The number of hydrogen-bond acceptors (Lipinski definition) is 12. The van der Waals surface area contributed by atoms with Crippen molar-refractivity contribution >= 4 is 34.2 Å². The molecule has 2 N–H and O–H groups in total. The van der Waals surface area contributed by atoms with Crippen molar-refractivity contribution < 1.29 is 53.0 Å². The average molecular weight is 938 g/mol. The van der Waals surface area contributed by atoms with Gasteiger partial charge >= 0.3 is 6.09 Å². The van der Waals surface area contributed by atoms with E-state index in [2.05, 4.69) is 36.9 Å². The zero-order valence-electron chi connectivity index (χ0n) is 37.9. The number of benzene rings is 4. The van der Waals surface area contributed by atoms with Crippen LogP contribution >= 0.6 is 11.6 Å². The lowest BCUT2D eigenvalue weighted by molar-refractivity contribution is -0.256. The molecule has 1 amide bonds. The quantitative estimate of drug-likeness (QED) is 0.0378. The number of halogens is 1. The minimum Gasteiger partial charge on any atom is -0.459 e. The van der Waals surface area contributed by atoms with Crippen LogP contribution in [0.25, 0.3) is 10.8 Å². The second kappa shape index (κ2) is 21.8. The number of carbonyl (C=O) groups is 1. The largest absolute Gasteiger partial charge is 0.459 e. The number of hydrogen-bond donors (Lipinski definition) is 2.